The summed E-state index contributed by atoms with van der Waals surface area (Å²) in [6.45, 7) is 4.82. The molecule has 2 amide bonds. The molecule has 32 heavy (non-hydrogen) atoms. The zero-order chi connectivity index (χ0) is 22.2. The van der Waals surface area contributed by atoms with E-state index in [1.807, 2.05) is 53.5 Å². The number of anilines is 1. The summed E-state index contributed by atoms with van der Waals surface area (Å²) in [6.07, 6.45) is 5.80. The van der Waals surface area contributed by atoms with Gasteiger partial charge in [0.1, 0.15) is 5.75 Å². The summed E-state index contributed by atoms with van der Waals surface area (Å²) in [4.78, 5) is 18.5. The van der Waals surface area contributed by atoms with Gasteiger partial charge in [0.05, 0.1) is 13.2 Å². The van der Waals surface area contributed by atoms with Crippen LogP contribution in [0.1, 0.15) is 56.5 Å². The standard InChI is InChI=1S/C27H30N2O2S/c1-17-12-13-22(18(2)16-17)28-27(30)29-15-14-20-19-8-5-7-11-24(19)32-26(20)25(29)21-9-4-6-10-23(21)31-3/h4,6,9-10,12-13,16,25H,5,7-8,11,14-15H2,1-3H3,(H,28,30)/t25-/m1/s1. The number of nitrogens with zero attached hydrogens (tertiary/aromatic N) is 1. The first-order chi connectivity index (χ1) is 15.6. The van der Waals surface area contributed by atoms with Gasteiger partial charge in [-0.25, -0.2) is 4.79 Å². The topological polar surface area (TPSA) is 41.6 Å². The van der Waals surface area contributed by atoms with E-state index in [2.05, 4.69) is 24.4 Å². The van der Waals surface area contributed by atoms with E-state index < -0.39 is 0 Å². The van der Waals surface area contributed by atoms with E-state index in [9.17, 15) is 4.79 Å². The molecular weight excluding hydrogens is 416 g/mol. The molecule has 3 aromatic rings. The van der Waals surface area contributed by atoms with E-state index in [-0.39, 0.29) is 12.1 Å². The molecule has 0 saturated carbocycles. The van der Waals surface area contributed by atoms with Crippen molar-refractivity contribution >= 4 is 23.1 Å². The number of urea groups is 1. The van der Waals surface area contributed by atoms with E-state index in [0.717, 1.165) is 29.0 Å². The monoisotopic (exact) mass is 446 g/mol. The predicted octanol–water partition coefficient (Wildman–Crippen LogP) is 6.43. The second-order valence-corrected chi connectivity index (χ2v) is 10.0. The molecule has 2 aliphatic rings. The summed E-state index contributed by atoms with van der Waals surface area (Å²) in [5.41, 5.74) is 7.25. The Morgan fingerprint density at radius 2 is 1.88 bits per heavy atom. The highest BCUT2D eigenvalue weighted by Crippen LogP contribution is 2.47. The highest BCUT2D eigenvalue weighted by Gasteiger charge is 2.37. The Hall–Kier alpha value is -2.79. The molecule has 0 bridgehead atoms. The fraction of sp³-hybridized carbons (Fsp3) is 0.370. The molecule has 1 aromatic heterocycles. The maximum Gasteiger partial charge on any atom is 0.322 e. The van der Waals surface area contributed by atoms with Crippen LogP contribution >= 0.6 is 11.3 Å². The fourth-order valence-electron chi connectivity index (χ4n) is 5.21. The lowest BCUT2D eigenvalue weighted by Gasteiger charge is -2.37. The van der Waals surface area contributed by atoms with E-state index in [4.69, 9.17) is 4.74 Å². The van der Waals surface area contributed by atoms with Gasteiger partial charge in [-0.2, -0.15) is 0 Å². The van der Waals surface area contributed by atoms with E-state index in [0.29, 0.717) is 6.54 Å². The molecular formula is C27H30N2O2S. The van der Waals surface area contributed by atoms with Crippen LogP contribution < -0.4 is 10.1 Å². The van der Waals surface area contributed by atoms with E-state index in [1.165, 1.54) is 46.6 Å². The van der Waals surface area contributed by atoms with Crippen molar-refractivity contribution in [2.45, 2.75) is 52.0 Å². The zero-order valence-corrected chi connectivity index (χ0v) is 19.8. The SMILES string of the molecule is COc1ccccc1[C@@H]1c2sc3c(c2CCN1C(=O)Nc1ccc(C)cc1C)CCCC3. The lowest BCUT2D eigenvalue weighted by atomic mass is 9.88. The molecule has 1 aliphatic heterocycles. The molecule has 1 aliphatic carbocycles. The second kappa shape index (κ2) is 8.62. The van der Waals surface area contributed by atoms with Crippen molar-refractivity contribution in [1.29, 1.82) is 0 Å². The quantitative estimate of drug-likeness (QED) is 0.503. The zero-order valence-electron chi connectivity index (χ0n) is 19.0. The summed E-state index contributed by atoms with van der Waals surface area (Å²) < 4.78 is 5.74. The van der Waals surface area contributed by atoms with Gasteiger partial charge in [-0.1, -0.05) is 35.9 Å². The summed E-state index contributed by atoms with van der Waals surface area (Å²) >= 11 is 1.92. The van der Waals surface area contributed by atoms with Crippen LogP contribution in [0.4, 0.5) is 10.5 Å². The molecule has 5 heteroatoms. The van der Waals surface area contributed by atoms with E-state index in [1.54, 1.807) is 12.7 Å². The number of methoxy groups -OCH3 is 1. The normalized spacial score (nSPS) is 17.5. The van der Waals surface area contributed by atoms with Crippen LogP contribution in [-0.2, 0) is 19.3 Å². The average Bonchev–Trinajstić information content (AvgIpc) is 3.19. The number of aryl methyl sites for hydroxylation is 3. The molecule has 166 valence electrons. The number of ether oxygens (including phenoxy) is 1. The number of thiophene rings is 1. The van der Waals surface area contributed by atoms with Crippen LogP contribution in [0.5, 0.6) is 5.75 Å². The van der Waals surface area contributed by atoms with Crippen molar-refractivity contribution < 1.29 is 9.53 Å². The van der Waals surface area contributed by atoms with Crippen LogP contribution in [0, 0.1) is 13.8 Å². The summed E-state index contributed by atoms with van der Waals surface area (Å²) in [6, 6.07) is 14.1. The number of rotatable bonds is 3. The van der Waals surface area contributed by atoms with Crippen molar-refractivity contribution in [3.8, 4) is 5.75 Å². The number of amides is 2. The largest absolute Gasteiger partial charge is 0.496 e. The minimum Gasteiger partial charge on any atom is -0.496 e. The summed E-state index contributed by atoms with van der Waals surface area (Å²) in [5.74, 6) is 0.834. The van der Waals surface area contributed by atoms with Gasteiger partial charge in [-0.3, -0.25) is 0 Å². The molecule has 0 spiro atoms. The third-order valence-electron chi connectivity index (χ3n) is 6.79. The minimum atomic E-state index is -0.128. The fourth-order valence-corrected chi connectivity index (χ4v) is 6.79. The van der Waals surface area contributed by atoms with Gasteiger partial charge in [0.15, 0.2) is 0 Å². The molecule has 0 fully saturated rings. The molecule has 1 N–H and O–H groups in total. The van der Waals surface area contributed by atoms with Crippen molar-refractivity contribution in [2.75, 3.05) is 19.0 Å². The van der Waals surface area contributed by atoms with E-state index >= 15 is 0 Å². The molecule has 4 nitrogen and oxygen atoms in total. The Labute approximate surface area is 194 Å². The van der Waals surface area contributed by atoms with Crippen LogP contribution in [0.15, 0.2) is 42.5 Å². The van der Waals surface area contributed by atoms with Gasteiger partial charge in [0.2, 0.25) is 0 Å². The third kappa shape index (κ3) is 3.69. The van der Waals surface area contributed by atoms with Gasteiger partial charge < -0.3 is 15.0 Å². The number of carbonyl (C=O) groups excluding carboxylic acids is 1. The summed E-state index contributed by atoms with van der Waals surface area (Å²) in [7, 11) is 1.71. The number of nitrogens with one attached hydrogen (secondary N) is 1. The number of benzene rings is 2. The molecule has 2 heterocycles. The van der Waals surface area contributed by atoms with Gasteiger partial charge >= 0.3 is 6.03 Å². The number of para-hydroxylation sites is 1. The number of hydrogen-bond donors (Lipinski definition) is 1. The maximum absolute atomic E-state index is 13.6. The second-order valence-electron chi connectivity index (χ2n) is 8.89. The Kier molecular flexibility index (Phi) is 5.68. The van der Waals surface area contributed by atoms with Gasteiger partial charge in [-0.15, -0.1) is 11.3 Å². The third-order valence-corrected chi connectivity index (χ3v) is 8.18. The highest BCUT2D eigenvalue weighted by molar-refractivity contribution is 7.12. The highest BCUT2D eigenvalue weighted by atomic mass is 32.1. The molecule has 1 atom stereocenters. The molecule has 5 rings (SSSR count). The average molecular weight is 447 g/mol. The first-order valence-corrected chi connectivity index (χ1v) is 12.3. The lowest BCUT2D eigenvalue weighted by molar-refractivity contribution is 0.194. The molecule has 0 unspecified atom stereocenters. The first-order valence-electron chi connectivity index (χ1n) is 11.5. The molecule has 0 radical (unpaired) electrons. The van der Waals surface area contributed by atoms with Crippen molar-refractivity contribution in [3.63, 3.8) is 0 Å². The Bertz CT molecular complexity index is 1170. The summed E-state index contributed by atoms with van der Waals surface area (Å²) in [5, 5.41) is 3.19. The Balaban J connectivity index is 1.57. The lowest BCUT2D eigenvalue weighted by Crippen LogP contribution is -2.42. The number of carbonyl (C=O) groups is 1. The van der Waals surface area contributed by atoms with Crippen LogP contribution in [-0.4, -0.2) is 24.6 Å². The smallest absolute Gasteiger partial charge is 0.322 e. The van der Waals surface area contributed by atoms with Crippen LogP contribution in [0.3, 0.4) is 0 Å². The number of fused-ring (bicyclic) bond motifs is 3. The van der Waals surface area contributed by atoms with Gasteiger partial charge in [0.25, 0.3) is 0 Å². The Morgan fingerprint density at radius 1 is 1.06 bits per heavy atom. The molecule has 2 aromatic carbocycles. The number of hydrogen-bond acceptors (Lipinski definition) is 3. The van der Waals surface area contributed by atoms with Crippen LogP contribution in [0.2, 0.25) is 0 Å². The minimum absolute atomic E-state index is 0.0510. The van der Waals surface area contributed by atoms with Gasteiger partial charge in [-0.05, 0) is 74.8 Å². The molecule has 0 saturated heterocycles. The maximum atomic E-state index is 13.6. The van der Waals surface area contributed by atoms with Crippen molar-refractivity contribution in [1.82, 2.24) is 4.90 Å². The van der Waals surface area contributed by atoms with Crippen molar-refractivity contribution in [3.05, 3.63) is 80.0 Å². The van der Waals surface area contributed by atoms with Crippen molar-refractivity contribution in [2.24, 2.45) is 0 Å². The Morgan fingerprint density at radius 3 is 2.69 bits per heavy atom. The predicted molar refractivity (Wildman–Crippen MR) is 131 cm³/mol. The van der Waals surface area contributed by atoms with Gasteiger partial charge in [0, 0.05) is 27.5 Å². The first kappa shape index (κ1) is 21.1. The van der Waals surface area contributed by atoms with Crippen LogP contribution in [0.25, 0.3) is 0 Å².